The van der Waals surface area contributed by atoms with E-state index in [4.69, 9.17) is 4.74 Å². The molecule has 0 saturated heterocycles. The Labute approximate surface area is 166 Å². The van der Waals surface area contributed by atoms with Crippen LogP contribution in [0.2, 0.25) is 0 Å². The molecule has 0 fully saturated rings. The molecule has 0 saturated carbocycles. The van der Waals surface area contributed by atoms with Gasteiger partial charge in [0.1, 0.15) is 12.4 Å². The first kappa shape index (κ1) is 21.0. The standard InChI is InChI=1S/C22H27N3O3/c1-15(2)14-28-20-11-9-18(10-12-20)23-13-21(26)25-19-7-5-17(6-8-19)22(27)24-16(3)4/h5-12,16,23H,1,13-14H2,2-4H3,(H,24,27)(H,25,26). The fourth-order valence-electron chi connectivity index (χ4n) is 2.31. The van der Waals surface area contributed by atoms with E-state index in [1.807, 2.05) is 45.0 Å². The highest BCUT2D eigenvalue weighted by Gasteiger charge is 2.08. The van der Waals surface area contributed by atoms with E-state index in [0.717, 1.165) is 17.0 Å². The molecule has 0 unspecified atom stereocenters. The maximum absolute atomic E-state index is 12.1. The third-order valence-electron chi connectivity index (χ3n) is 3.64. The molecule has 2 amide bonds. The fraction of sp³-hybridized carbons (Fsp3) is 0.273. The first-order valence-corrected chi connectivity index (χ1v) is 9.15. The van der Waals surface area contributed by atoms with E-state index >= 15 is 0 Å². The predicted molar refractivity (Wildman–Crippen MR) is 113 cm³/mol. The Bertz CT molecular complexity index is 812. The molecule has 0 spiro atoms. The van der Waals surface area contributed by atoms with Crippen molar-refractivity contribution in [2.24, 2.45) is 0 Å². The summed E-state index contributed by atoms with van der Waals surface area (Å²) in [6, 6.07) is 14.2. The molecule has 0 aliphatic heterocycles. The third-order valence-corrected chi connectivity index (χ3v) is 3.64. The number of rotatable bonds is 9. The van der Waals surface area contributed by atoms with Crippen LogP contribution in [0.5, 0.6) is 5.75 Å². The quantitative estimate of drug-likeness (QED) is 0.577. The van der Waals surface area contributed by atoms with Gasteiger partial charge in [0.2, 0.25) is 5.91 Å². The van der Waals surface area contributed by atoms with Gasteiger partial charge in [0.05, 0.1) is 6.54 Å². The molecule has 6 heteroatoms. The number of benzene rings is 2. The van der Waals surface area contributed by atoms with E-state index in [0.29, 0.717) is 17.9 Å². The number of carbonyl (C=O) groups excluding carboxylic acids is 2. The highest BCUT2D eigenvalue weighted by Crippen LogP contribution is 2.16. The summed E-state index contributed by atoms with van der Waals surface area (Å²) in [4.78, 5) is 24.0. The smallest absolute Gasteiger partial charge is 0.251 e. The van der Waals surface area contributed by atoms with Gasteiger partial charge in [-0.3, -0.25) is 9.59 Å². The number of anilines is 2. The van der Waals surface area contributed by atoms with Gasteiger partial charge in [-0.05, 0) is 74.9 Å². The van der Waals surface area contributed by atoms with E-state index < -0.39 is 0 Å². The first-order chi connectivity index (χ1) is 13.3. The molecule has 2 aromatic carbocycles. The van der Waals surface area contributed by atoms with E-state index in [9.17, 15) is 9.59 Å². The lowest BCUT2D eigenvalue weighted by atomic mass is 10.2. The summed E-state index contributed by atoms with van der Waals surface area (Å²) < 4.78 is 5.54. The van der Waals surface area contributed by atoms with Crippen LogP contribution in [-0.2, 0) is 4.79 Å². The van der Waals surface area contributed by atoms with Crippen LogP contribution in [-0.4, -0.2) is 31.0 Å². The second-order valence-corrected chi connectivity index (χ2v) is 6.88. The molecule has 0 aliphatic carbocycles. The van der Waals surface area contributed by atoms with Crippen molar-refractivity contribution >= 4 is 23.2 Å². The molecule has 0 radical (unpaired) electrons. The normalized spacial score (nSPS) is 10.3. The van der Waals surface area contributed by atoms with Crippen LogP contribution in [0.1, 0.15) is 31.1 Å². The van der Waals surface area contributed by atoms with E-state index in [2.05, 4.69) is 22.5 Å². The van der Waals surface area contributed by atoms with E-state index in [-0.39, 0.29) is 24.4 Å². The van der Waals surface area contributed by atoms with Gasteiger partial charge in [-0.1, -0.05) is 6.58 Å². The van der Waals surface area contributed by atoms with Gasteiger partial charge < -0.3 is 20.7 Å². The Morgan fingerprint density at radius 1 is 1.00 bits per heavy atom. The van der Waals surface area contributed by atoms with Gasteiger partial charge in [-0.15, -0.1) is 0 Å². The van der Waals surface area contributed by atoms with Gasteiger partial charge in [0, 0.05) is 23.0 Å². The lowest BCUT2D eigenvalue weighted by Crippen LogP contribution is -2.30. The van der Waals surface area contributed by atoms with Crippen LogP contribution in [0.3, 0.4) is 0 Å². The van der Waals surface area contributed by atoms with Crippen molar-refractivity contribution in [3.8, 4) is 5.75 Å². The second kappa shape index (κ2) is 10.2. The molecule has 0 atom stereocenters. The number of amides is 2. The monoisotopic (exact) mass is 381 g/mol. The maximum atomic E-state index is 12.1. The average Bonchev–Trinajstić information content (AvgIpc) is 2.65. The second-order valence-electron chi connectivity index (χ2n) is 6.88. The molecule has 2 rings (SSSR count). The van der Waals surface area contributed by atoms with E-state index in [1.54, 1.807) is 24.3 Å². The minimum absolute atomic E-state index is 0.0738. The molecule has 0 bridgehead atoms. The van der Waals surface area contributed by atoms with Crippen LogP contribution in [0.4, 0.5) is 11.4 Å². The lowest BCUT2D eigenvalue weighted by molar-refractivity contribution is -0.114. The number of carbonyl (C=O) groups is 2. The highest BCUT2D eigenvalue weighted by atomic mass is 16.5. The zero-order chi connectivity index (χ0) is 20.5. The molecule has 28 heavy (non-hydrogen) atoms. The van der Waals surface area contributed by atoms with Crippen LogP contribution in [0, 0.1) is 0 Å². The minimum atomic E-state index is -0.179. The number of nitrogens with one attached hydrogen (secondary N) is 3. The third kappa shape index (κ3) is 7.15. The average molecular weight is 381 g/mol. The zero-order valence-electron chi connectivity index (χ0n) is 16.5. The molecule has 6 nitrogen and oxygen atoms in total. The molecule has 0 heterocycles. The van der Waals surface area contributed by atoms with Crippen molar-refractivity contribution in [2.45, 2.75) is 26.8 Å². The predicted octanol–water partition coefficient (Wildman–Crippen LogP) is 3.83. The van der Waals surface area contributed by atoms with Gasteiger partial charge >= 0.3 is 0 Å². The molecular formula is C22H27N3O3. The number of hydrogen-bond donors (Lipinski definition) is 3. The van der Waals surface area contributed by atoms with Gasteiger partial charge in [0.25, 0.3) is 5.91 Å². The zero-order valence-corrected chi connectivity index (χ0v) is 16.5. The number of ether oxygens (including phenoxy) is 1. The summed E-state index contributed by atoms with van der Waals surface area (Å²) in [7, 11) is 0. The SMILES string of the molecule is C=C(C)COc1ccc(NCC(=O)Nc2ccc(C(=O)NC(C)C)cc2)cc1. The lowest BCUT2D eigenvalue weighted by Gasteiger charge is -2.11. The Balaban J connectivity index is 1.80. The molecule has 0 aliphatic rings. The Morgan fingerprint density at radius 3 is 2.18 bits per heavy atom. The summed E-state index contributed by atoms with van der Waals surface area (Å²) in [6.07, 6.45) is 0. The van der Waals surface area contributed by atoms with Crippen LogP contribution in [0.15, 0.2) is 60.7 Å². The summed E-state index contributed by atoms with van der Waals surface area (Å²) in [5.74, 6) is 0.437. The van der Waals surface area contributed by atoms with Gasteiger partial charge in [0.15, 0.2) is 0 Å². The topological polar surface area (TPSA) is 79.5 Å². The van der Waals surface area contributed by atoms with Crippen LogP contribution < -0.4 is 20.7 Å². The molecule has 3 N–H and O–H groups in total. The molecule has 148 valence electrons. The van der Waals surface area contributed by atoms with Crippen LogP contribution >= 0.6 is 0 Å². The Kier molecular flexibility index (Phi) is 7.63. The Morgan fingerprint density at radius 2 is 1.61 bits per heavy atom. The summed E-state index contributed by atoms with van der Waals surface area (Å²) >= 11 is 0. The summed E-state index contributed by atoms with van der Waals surface area (Å²) in [5, 5.41) is 8.68. The fourth-order valence-corrected chi connectivity index (χ4v) is 2.31. The van der Waals surface area contributed by atoms with Crippen molar-refractivity contribution in [1.29, 1.82) is 0 Å². The maximum Gasteiger partial charge on any atom is 0.251 e. The van der Waals surface area contributed by atoms with Gasteiger partial charge in [-0.2, -0.15) is 0 Å². The molecular weight excluding hydrogens is 354 g/mol. The van der Waals surface area contributed by atoms with Gasteiger partial charge in [-0.25, -0.2) is 0 Å². The van der Waals surface area contributed by atoms with Crippen LogP contribution in [0.25, 0.3) is 0 Å². The van der Waals surface area contributed by atoms with Crippen molar-refractivity contribution < 1.29 is 14.3 Å². The molecule has 0 aromatic heterocycles. The van der Waals surface area contributed by atoms with Crippen molar-refractivity contribution in [1.82, 2.24) is 5.32 Å². The van der Waals surface area contributed by atoms with E-state index in [1.165, 1.54) is 0 Å². The van der Waals surface area contributed by atoms with Crippen molar-refractivity contribution in [3.63, 3.8) is 0 Å². The summed E-state index contributed by atoms with van der Waals surface area (Å²) in [6.45, 7) is 10.1. The molecule has 2 aromatic rings. The first-order valence-electron chi connectivity index (χ1n) is 9.15. The van der Waals surface area contributed by atoms with Crippen molar-refractivity contribution in [2.75, 3.05) is 23.8 Å². The largest absolute Gasteiger partial charge is 0.489 e. The number of hydrogen-bond acceptors (Lipinski definition) is 4. The highest BCUT2D eigenvalue weighted by molar-refractivity contribution is 5.96. The Hall–Kier alpha value is -3.28. The van der Waals surface area contributed by atoms with Crippen molar-refractivity contribution in [3.05, 3.63) is 66.2 Å². The minimum Gasteiger partial charge on any atom is -0.489 e. The summed E-state index contributed by atoms with van der Waals surface area (Å²) in [5.41, 5.74) is 2.96.